The molecular weight excluding hydrogens is 404 g/mol. The number of hydrogen-bond acceptors (Lipinski definition) is 6. The quantitative estimate of drug-likeness (QED) is 0.422. The largest absolute Gasteiger partial charge is 0.454 e. The monoisotopic (exact) mass is 424 g/mol. The van der Waals surface area contributed by atoms with E-state index in [9.17, 15) is 0 Å². The zero-order valence-electron chi connectivity index (χ0n) is 17.4. The van der Waals surface area contributed by atoms with Gasteiger partial charge in [-0.25, -0.2) is 9.50 Å². The summed E-state index contributed by atoms with van der Waals surface area (Å²) in [7, 11) is 1.98. The molecule has 4 heterocycles. The van der Waals surface area contributed by atoms with Crippen LogP contribution in [-0.2, 0) is 6.54 Å². The van der Waals surface area contributed by atoms with Crippen LogP contribution in [0.2, 0.25) is 0 Å². The van der Waals surface area contributed by atoms with Crippen LogP contribution in [0, 0.1) is 0 Å². The Morgan fingerprint density at radius 1 is 0.969 bits per heavy atom. The fraction of sp³-hybridized carbons (Fsp3) is 0.125. The number of nitrogens with zero attached hydrogens (tertiary/aromatic N) is 6. The minimum Gasteiger partial charge on any atom is -0.454 e. The first-order valence-electron chi connectivity index (χ1n) is 10.3. The molecule has 8 nitrogen and oxygen atoms in total. The van der Waals surface area contributed by atoms with E-state index in [2.05, 4.69) is 22.3 Å². The molecule has 0 saturated carbocycles. The summed E-state index contributed by atoms with van der Waals surface area (Å²) >= 11 is 0. The van der Waals surface area contributed by atoms with Gasteiger partial charge in [-0.1, -0.05) is 30.3 Å². The Kier molecular flexibility index (Phi) is 4.28. The van der Waals surface area contributed by atoms with Gasteiger partial charge in [-0.2, -0.15) is 10.2 Å². The van der Waals surface area contributed by atoms with Crippen LogP contribution in [0.15, 0.2) is 79.4 Å². The summed E-state index contributed by atoms with van der Waals surface area (Å²) < 4.78 is 14.6. The minimum atomic E-state index is 0.254. The van der Waals surface area contributed by atoms with Gasteiger partial charge in [-0.3, -0.25) is 4.68 Å². The first-order chi connectivity index (χ1) is 15.7. The molecule has 0 saturated heterocycles. The molecule has 2 aromatic carbocycles. The third-order valence-electron chi connectivity index (χ3n) is 5.57. The lowest BCUT2D eigenvalue weighted by atomic mass is 10.2. The van der Waals surface area contributed by atoms with Gasteiger partial charge in [-0.15, -0.1) is 0 Å². The Bertz CT molecular complexity index is 1410. The topological polar surface area (TPSA) is 69.7 Å². The molecule has 1 aliphatic rings. The molecule has 158 valence electrons. The van der Waals surface area contributed by atoms with Gasteiger partial charge in [-0.05, 0) is 23.8 Å². The SMILES string of the molecule is CN(c1ccc2c(c1)OCO2)c1ccn2ncc(-c3cnn(Cc4ccccc4)c3)c2n1. The highest BCUT2D eigenvalue weighted by molar-refractivity contribution is 5.77. The minimum absolute atomic E-state index is 0.254. The molecule has 5 aromatic rings. The Hall–Kier alpha value is -4.33. The summed E-state index contributed by atoms with van der Waals surface area (Å²) in [4.78, 5) is 6.90. The summed E-state index contributed by atoms with van der Waals surface area (Å²) in [5.74, 6) is 2.30. The highest BCUT2D eigenvalue weighted by Crippen LogP contribution is 2.37. The highest BCUT2D eigenvalue weighted by Gasteiger charge is 2.17. The predicted octanol–water partition coefficient (Wildman–Crippen LogP) is 4.14. The molecule has 0 radical (unpaired) electrons. The fourth-order valence-corrected chi connectivity index (χ4v) is 3.84. The maximum Gasteiger partial charge on any atom is 0.231 e. The molecule has 0 amide bonds. The number of hydrogen-bond donors (Lipinski definition) is 0. The summed E-state index contributed by atoms with van der Waals surface area (Å²) in [6.45, 7) is 0.968. The van der Waals surface area contributed by atoms with Gasteiger partial charge in [0.2, 0.25) is 6.79 Å². The fourth-order valence-electron chi connectivity index (χ4n) is 3.84. The molecule has 32 heavy (non-hydrogen) atoms. The molecule has 0 atom stereocenters. The van der Waals surface area contributed by atoms with Gasteiger partial charge in [0.15, 0.2) is 17.1 Å². The van der Waals surface area contributed by atoms with Crippen molar-refractivity contribution in [1.29, 1.82) is 0 Å². The van der Waals surface area contributed by atoms with Crippen molar-refractivity contribution in [2.75, 3.05) is 18.7 Å². The van der Waals surface area contributed by atoms with Gasteiger partial charge in [0.1, 0.15) is 5.82 Å². The Morgan fingerprint density at radius 2 is 1.84 bits per heavy atom. The van der Waals surface area contributed by atoms with Crippen LogP contribution in [-0.4, -0.2) is 38.2 Å². The predicted molar refractivity (Wildman–Crippen MR) is 120 cm³/mol. The standard InChI is InChI=1S/C24H20N6O2/c1-28(19-7-8-21-22(11-19)32-16-31-21)23-9-10-30-24(27-23)20(13-26-30)18-12-25-29(15-18)14-17-5-3-2-4-6-17/h2-13,15H,14,16H2,1H3. The number of anilines is 2. The van der Waals surface area contributed by atoms with E-state index in [1.165, 1.54) is 5.56 Å². The van der Waals surface area contributed by atoms with E-state index < -0.39 is 0 Å². The van der Waals surface area contributed by atoms with E-state index in [0.717, 1.165) is 39.8 Å². The second-order valence-corrected chi connectivity index (χ2v) is 7.62. The van der Waals surface area contributed by atoms with E-state index in [1.54, 1.807) is 4.52 Å². The van der Waals surface area contributed by atoms with Crippen molar-refractivity contribution >= 4 is 17.2 Å². The molecule has 1 aliphatic heterocycles. The third-order valence-corrected chi connectivity index (χ3v) is 5.57. The van der Waals surface area contributed by atoms with Crippen LogP contribution in [0.3, 0.4) is 0 Å². The lowest BCUT2D eigenvalue weighted by Gasteiger charge is -2.18. The Labute approximate surface area is 184 Å². The number of ether oxygens (including phenoxy) is 2. The smallest absolute Gasteiger partial charge is 0.231 e. The first-order valence-corrected chi connectivity index (χ1v) is 10.3. The van der Waals surface area contributed by atoms with Crippen LogP contribution >= 0.6 is 0 Å². The van der Waals surface area contributed by atoms with Crippen molar-refractivity contribution < 1.29 is 9.47 Å². The molecule has 0 bridgehead atoms. The van der Waals surface area contributed by atoms with Crippen molar-refractivity contribution in [3.05, 3.63) is 84.9 Å². The van der Waals surface area contributed by atoms with Gasteiger partial charge in [0.05, 0.1) is 18.9 Å². The van der Waals surface area contributed by atoms with Crippen molar-refractivity contribution in [2.24, 2.45) is 0 Å². The number of fused-ring (bicyclic) bond motifs is 2. The van der Waals surface area contributed by atoms with Crippen LogP contribution < -0.4 is 14.4 Å². The van der Waals surface area contributed by atoms with Crippen LogP contribution in [0.25, 0.3) is 16.8 Å². The number of benzene rings is 2. The zero-order valence-corrected chi connectivity index (χ0v) is 17.4. The molecule has 0 aliphatic carbocycles. The van der Waals surface area contributed by atoms with Crippen LogP contribution in [0.5, 0.6) is 11.5 Å². The maximum absolute atomic E-state index is 5.51. The highest BCUT2D eigenvalue weighted by atomic mass is 16.7. The van der Waals surface area contributed by atoms with Crippen molar-refractivity contribution in [3.63, 3.8) is 0 Å². The third kappa shape index (κ3) is 3.22. The van der Waals surface area contributed by atoms with Gasteiger partial charge in [0, 0.05) is 42.3 Å². The van der Waals surface area contributed by atoms with E-state index in [-0.39, 0.29) is 6.79 Å². The molecular formula is C24H20N6O2. The van der Waals surface area contributed by atoms with Crippen LogP contribution in [0.4, 0.5) is 11.5 Å². The zero-order chi connectivity index (χ0) is 21.5. The molecule has 0 fully saturated rings. The molecule has 0 N–H and O–H groups in total. The second kappa shape index (κ2) is 7.42. The Morgan fingerprint density at radius 3 is 2.75 bits per heavy atom. The molecule has 3 aromatic heterocycles. The molecule has 0 spiro atoms. The number of rotatable bonds is 5. The summed E-state index contributed by atoms with van der Waals surface area (Å²) in [6, 6.07) is 18.1. The van der Waals surface area contributed by atoms with Gasteiger partial charge in [0.25, 0.3) is 0 Å². The van der Waals surface area contributed by atoms with Crippen molar-refractivity contribution in [2.45, 2.75) is 6.54 Å². The average Bonchev–Trinajstić information content (AvgIpc) is 3.57. The van der Waals surface area contributed by atoms with Crippen molar-refractivity contribution in [3.8, 4) is 22.6 Å². The number of aromatic nitrogens is 5. The van der Waals surface area contributed by atoms with Crippen molar-refractivity contribution in [1.82, 2.24) is 24.4 Å². The Balaban J connectivity index is 1.32. The van der Waals surface area contributed by atoms with Gasteiger partial charge < -0.3 is 14.4 Å². The summed E-state index contributed by atoms with van der Waals surface area (Å²) in [5.41, 5.74) is 4.85. The molecule has 6 rings (SSSR count). The van der Waals surface area contributed by atoms with E-state index in [0.29, 0.717) is 6.54 Å². The second-order valence-electron chi connectivity index (χ2n) is 7.62. The van der Waals surface area contributed by atoms with E-state index in [1.807, 2.05) is 83.9 Å². The normalized spacial score (nSPS) is 12.4. The molecule has 0 unspecified atom stereocenters. The average molecular weight is 424 g/mol. The first kappa shape index (κ1) is 18.4. The van der Waals surface area contributed by atoms with Gasteiger partial charge >= 0.3 is 0 Å². The summed E-state index contributed by atoms with van der Waals surface area (Å²) in [5, 5.41) is 9.00. The van der Waals surface area contributed by atoms with Crippen LogP contribution in [0.1, 0.15) is 5.56 Å². The van der Waals surface area contributed by atoms with E-state index >= 15 is 0 Å². The van der Waals surface area contributed by atoms with E-state index in [4.69, 9.17) is 14.5 Å². The maximum atomic E-state index is 5.51. The summed E-state index contributed by atoms with van der Waals surface area (Å²) in [6.07, 6.45) is 7.63. The molecule has 8 heteroatoms. The lowest BCUT2D eigenvalue weighted by Crippen LogP contribution is -2.11. The lowest BCUT2D eigenvalue weighted by molar-refractivity contribution is 0.174.